The molecule has 0 aliphatic carbocycles. The van der Waals surface area contributed by atoms with Gasteiger partial charge >= 0.3 is 0 Å². The molecule has 0 aliphatic rings. The third-order valence-corrected chi connectivity index (χ3v) is 1.33. The molecule has 0 aromatic heterocycles. The Kier molecular flexibility index (Phi) is 6.06. The molecular formula is C8H17O. The van der Waals surface area contributed by atoms with Crippen LogP contribution in [0.4, 0.5) is 0 Å². The summed E-state index contributed by atoms with van der Waals surface area (Å²) in [5.41, 5.74) is 0. The molecule has 0 heterocycles. The Morgan fingerprint density at radius 1 is 1.56 bits per heavy atom. The number of hydrogen-bond donors (Lipinski definition) is 0. The predicted octanol–water partition coefficient (Wildman–Crippen LogP) is 2.62. The van der Waals surface area contributed by atoms with E-state index in [1.807, 2.05) is 6.92 Å². The predicted molar refractivity (Wildman–Crippen MR) is 40.0 cm³/mol. The van der Waals surface area contributed by atoms with Gasteiger partial charge in [-0.3, -0.25) is 0 Å². The molecule has 1 heteroatoms. The Labute approximate surface area is 58.4 Å². The zero-order chi connectivity index (χ0) is 7.11. The zero-order valence-corrected chi connectivity index (χ0v) is 6.68. The lowest BCUT2D eigenvalue weighted by molar-refractivity contribution is 0.161. The van der Waals surface area contributed by atoms with Crippen molar-refractivity contribution in [1.29, 1.82) is 0 Å². The SMILES string of the molecule is C[CH]OCC(C)CCC. The van der Waals surface area contributed by atoms with Crippen molar-refractivity contribution in [3.05, 3.63) is 6.61 Å². The largest absolute Gasteiger partial charge is 0.376 e. The van der Waals surface area contributed by atoms with Crippen LogP contribution in [0.3, 0.4) is 0 Å². The van der Waals surface area contributed by atoms with Gasteiger partial charge < -0.3 is 4.74 Å². The normalized spacial score (nSPS) is 13.7. The molecule has 0 aromatic rings. The van der Waals surface area contributed by atoms with Crippen molar-refractivity contribution in [3.8, 4) is 0 Å². The van der Waals surface area contributed by atoms with E-state index in [2.05, 4.69) is 13.8 Å². The van der Waals surface area contributed by atoms with Crippen LogP contribution in [0.2, 0.25) is 0 Å². The first-order valence-electron chi connectivity index (χ1n) is 3.70. The fraction of sp³-hybridized carbons (Fsp3) is 0.875. The number of rotatable bonds is 5. The van der Waals surface area contributed by atoms with Crippen LogP contribution in [0.5, 0.6) is 0 Å². The summed E-state index contributed by atoms with van der Waals surface area (Å²) in [5.74, 6) is 0.714. The smallest absolute Gasteiger partial charge is 0.0806 e. The topological polar surface area (TPSA) is 9.23 Å². The van der Waals surface area contributed by atoms with Gasteiger partial charge in [0.15, 0.2) is 0 Å². The Hall–Kier alpha value is -0.0400. The molecule has 0 aromatic carbocycles. The van der Waals surface area contributed by atoms with Crippen LogP contribution < -0.4 is 0 Å². The second kappa shape index (κ2) is 6.09. The van der Waals surface area contributed by atoms with Crippen molar-refractivity contribution in [2.24, 2.45) is 5.92 Å². The lowest BCUT2D eigenvalue weighted by atomic mass is 10.1. The van der Waals surface area contributed by atoms with E-state index in [-0.39, 0.29) is 0 Å². The Morgan fingerprint density at radius 2 is 2.22 bits per heavy atom. The molecule has 0 saturated heterocycles. The summed E-state index contributed by atoms with van der Waals surface area (Å²) in [6, 6.07) is 0. The molecule has 1 radical (unpaired) electrons. The van der Waals surface area contributed by atoms with E-state index in [0.717, 1.165) is 6.61 Å². The maximum absolute atomic E-state index is 5.12. The van der Waals surface area contributed by atoms with Gasteiger partial charge in [-0.05, 0) is 19.3 Å². The molecule has 0 N–H and O–H groups in total. The molecule has 55 valence electrons. The van der Waals surface area contributed by atoms with Crippen molar-refractivity contribution in [2.45, 2.75) is 33.6 Å². The molecular weight excluding hydrogens is 112 g/mol. The molecule has 0 amide bonds. The molecule has 0 saturated carbocycles. The minimum atomic E-state index is 0.714. The average molecular weight is 129 g/mol. The summed E-state index contributed by atoms with van der Waals surface area (Å²) < 4.78 is 5.12. The van der Waals surface area contributed by atoms with Crippen LogP contribution >= 0.6 is 0 Å². The van der Waals surface area contributed by atoms with Crippen LogP contribution in [-0.4, -0.2) is 6.61 Å². The fourth-order valence-electron chi connectivity index (χ4n) is 0.837. The Morgan fingerprint density at radius 3 is 2.67 bits per heavy atom. The van der Waals surface area contributed by atoms with Crippen LogP contribution in [0.1, 0.15) is 33.6 Å². The standard InChI is InChI=1S/C8H17O/c1-4-6-8(3)7-9-5-2/h5,8H,4,6-7H2,1-3H3. The van der Waals surface area contributed by atoms with Crippen molar-refractivity contribution in [2.75, 3.05) is 6.61 Å². The van der Waals surface area contributed by atoms with Gasteiger partial charge in [0.25, 0.3) is 0 Å². The summed E-state index contributed by atoms with van der Waals surface area (Å²) in [7, 11) is 0. The van der Waals surface area contributed by atoms with Crippen molar-refractivity contribution in [3.63, 3.8) is 0 Å². The van der Waals surface area contributed by atoms with Crippen molar-refractivity contribution in [1.82, 2.24) is 0 Å². The first-order valence-corrected chi connectivity index (χ1v) is 3.70. The van der Waals surface area contributed by atoms with Gasteiger partial charge in [0.2, 0.25) is 0 Å². The molecule has 0 fully saturated rings. The van der Waals surface area contributed by atoms with Gasteiger partial charge in [0.05, 0.1) is 6.61 Å². The Balaban J connectivity index is 2.95. The summed E-state index contributed by atoms with van der Waals surface area (Å²) in [5, 5.41) is 0. The first-order chi connectivity index (χ1) is 4.31. The summed E-state index contributed by atoms with van der Waals surface area (Å²) in [4.78, 5) is 0. The Bertz CT molecular complexity index is 52.5. The highest BCUT2D eigenvalue weighted by molar-refractivity contribution is 4.50. The van der Waals surface area contributed by atoms with Gasteiger partial charge in [0.1, 0.15) is 0 Å². The van der Waals surface area contributed by atoms with Gasteiger partial charge in [-0.15, -0.1) is 0 Å². The molecule has 9 heavy (non-hydrogen) atoms. The quantitative estimate of drug-likeness (QED) is 0.554. The van der Waals surface area contributed by atoms with Gasteiger partial charge in [-0.2, -0.15) is 0 Å². The number of ether oxygens (including phenoxy) is 1. The maximum atomic E-state index is 5.12. The molecule has 1 nitrogen and oxygen atoms in total. The van der Waals surface area contributed by atoms with Gasteiger partial charge in [-0.1, -0.05) is 20.3 Å². The molecule has 0 bridgehead atoms. The first kappa shape index (κ1) is 8.96. The minimum absolute atomic E-state index is 0.714. The highest BCUT2D eigenvalue weighted by Gasteiger charge is 1.97. The third-order valence-electron chi connectivity index (χ3n) is 1.33. The van der Waals surface area contributed by atoms with E-state index in [4.69, 9.17) is 4.74 Å². The molecule has 0 spiro atoms. The maximum Gasteiger partial charge on any atom is 0.0806 e. The highest BCUT2D eigenvalue weighted by Crippen LogP contribution is 2.04. The summed E-state index contributed by atoms with van der Waals surface area (Å²) in [6.45, 7) is 8.97. The molecule has 1 unspecified atom stereocenters. The lowest BCUT2D eigenvalue weighted by Gasteiger charge is -2.07. The van der Waals surface area contributed by atoms with E-state index in [1.54, 1.807) is 6.61 Å². The zero-order valence-electron chi connectivity index (χ0n) is 6.68. The van der Waals surface area contributed by atoms with E-state index < -0.39 is 0 Å². The van der Waals surface area contributed by atoms with Crippen LogP contribution in [0.15, 0.2) is 0 Å². The monoisotopic (exact) mass is 129 g/mol. The lowest BCUT2D eigenvalue weighted by Crippen LogP contribution is -2.02. The van der Waals surface area contributed by atoms with E-state index in [9.17, 15) is 0 Å². The van der Waals surface area contributed by atoms with E-state index >= 15 is 0 Å². The average Bonchev–Trinajstić information content (AvgIpc) is 1.85. The fourth-order valence-corrected chi connectivity index (χ4v) is 0.837. The van der Waals surface area contributed by atoms with E-state index in [0.29, 0.717) is 5.92 Å². The van der Waals surface area contributed by atoms with Crippen LogP contribution in [0, 0.1) is 12.5 Å². The van der Waals surface area contributed by atoms with Gasteiger partial charge in [-0.25, -0.2) is 0 Å². The molecule has 0 rings (SSSR count). The second-order valence-electron chi connectivity index (χ2n) is 2.46. The van der Waals surface area contributed by atoms with Crippen LogP contribution in [-0.2, 0) is 4.74 Å². The van der Waals surface area contributed by atoms with Crippen molar-refractivity contribution >= 4 is 0 Å². The number of hydrogen-bond acceptors (Lipinski definition) is 1. The minimum Gasteiger partial charge on any atom is -0.376 e. The summed E-state index contributed by atoms with van der Waals surface area (Å²) in [6.07, 6.45) is 2.53. The summed E-state index contributed by atoms with van der Waals surface area (Å²) >= 11 is 0. The molecule has 0 aliphatic heterocycles. The third kappa shape index (κ3) is 5.84. The molecule has 1 atom stereocenters. The second-order valence-corrected chi connectivity index (χ2v) is 2.46. The van der Waals surface area contributed by atoms with Crippen LogP contribution in [0.25, 0.3) is 0 Å². The highest BCUT2D eigenvalue weighted by atomic mass is 16.5. The van der Waals surface area contributed by atoms with E-state index in [1.165, 1.54) is 12.8 Å². The van der Waals surface area contributed by atoms with Gasteiger partial charge in [0, 0.05) is 6.61 Å². The van der Waals surface area contributed by atoms with Crippen molar-refractivity contribution < 1.29 is 4.74 Å².